The van der Waals surface area contributed by atoms with Gasteiger partial charge in [-0.2, -0.15) is 10.2 Å². The van der Waals surface area contributed by atoms with Gasteiger partial charge in [-0.1, -0.05) is 76.2 Å². The molecule has 0 bridgehead atoms. The summed E-state index contributed by atoms with van der Waals surface area (Å²) < 4.78 is 0. The molecule has 0 aliphatic carbocycles. The molecule has 0 spiro atoms. The lowest BCUT2D eigenvalue weighted by Crippen LogP contribution is -2.38. The van der Waals surface area contributed by atoms with Crippen LogP contribution in [0.3, 0.4) is 0 Å². The van der Waals surface area contributed by atoms with Crippen LogP contribution in [-0.4, -0.2) is 12.1 Å². The van der Waals surface area contributed by atoms with E-state index in [0.717, 1.165) is 5.56 Å². The zero-order chi connectivity index (χ0) is 23.5. The minimum atomic E-state index is -0.543. The number of nitrogens with one attached hydrogen (secondary N) is 2. The van der Waals surface area contributed by atoms with Crippen molar-refractivity contribution in [2.75, 3.05) is 5.32 Å². The first kappa shape index (κ1) is 24.1. The summed E-state index contributed by atoms with van der Waals surface area (Å²) in [6, 6.07) is 15.9. The fourth-order valence-electron chi connectivity index (χ4n) is 3.60. The molecule has 2 amide bonds. The van der Waals surface area contributed by atoms with Gasteiger partial charge >= 0.3 is 6.03 Å². The summed E-state index contributed by atoms with van der Waals surface area (Å²) >= 11 is 30.6. The van der Waals surface area contributed by atoms with Gasteiger partial charge in [-0.15, -0.1) is 0 Å². The number of azo groups is 1. The Morgan fingerprint density at radius 2 is 1.55 bits per heavy atom. The molecule has 3 aromatic carbocycles. The predicted molar refractivity (Wildman–Crippen MR) is 135 cm³/mol. The van der Waals surface area contributed by atoms with Crippen molar-refractivity contribution < 1.29 is 4.79 Å². The molecule has 0 fully saturated rings. The Balaban J connectivity index is 1.56. The van der Waals surface area contributed by atoms with Crippen LogP contribution in [0.4, 0.5) is 10.5 Å². The van der Waals surface area contributed by atoms with Crippen LogP contribution < -0.4 is 10.6 Å². The van der Waals surface area contributed by atoms with E-state index in [9.17, 15) is 4.79 Å². The molecule has 1 aliphatic heterocycles. The van der Waals surface area contributed by atoms with Gasteiger partial charge in [0.25, 0.3) is 0 Å². The maximum atomic E-state index is 12.9. The highest BCUT2D eigenvalue weighted by atomic mass is 35.5. The Labute approximate surface area is 216 Å². The lowest BCUT2D eigenvalue weighted by atomic mass is 9.93. The number of benzene rings is 3. The maximum Gasteiger partial charge on any atom is 0.319 e. The molecule has 2 N–H and O–H groups in total. The molecule has 3 aromatic rings. The Bertz CT molecular complexity index is 1200. The second kappa shape index (κ2) is 10.5. The largest absolute Gasteiger partial charge is 0.329 e. The number of hydrogen-bond acceptors (Lipinski definition) is 3. The number of rotatable bonds is 5. The van der Waals surface area contributed by atoms with Gasteiger partial charge < -0.3 is 10.6 Å². The number of amides is 2. The van der Waals surface area contributed by atoms with E-state index < -0.39 is 12.1 Å². The predicted octanol–water partition coefficient (Wildman–Crippen LogP) is 8.78. The van der Waals surface area contributed by atoms with Crippen LogP contribution in [0.1, 0.15) is 29.6 Å². The fraction of sp³-hybridized carbons (Fsp3) is 0.174. The van der Waals surface area contributed by atoms with Crippen molar-refractivity contribution in [1.82, 2.24) is 5.32 Å². The number of urea groups is 1. The van der Waals surface area contributed by atoms with Gasteiger partial charge in [0, 0.05) is 27.2 Å². The Morgan fingerprint density at radius 3 is 2.24 bits per heavy atom. The maximum absolute atomic E-state index is 12.9. The van der Waals surface area contributed by atoms with Crippen molar-refractivity contribution in [3.05, 3.63) is 96.9 Å². The van der Waals surface area contributed by atoms with Crippen LogP contribution in [0.2, 0.25) is 25.1 Å². The van der Waals surface area contributed by atoms with E-state index in [4.69, 9.17) is 58.0 Å². The lowest BCUT2D eigenvalue weighted by Gasteiger charge is -2.24. The summed E-state index contributed by atoms with van der Waals surface area (Å²) in [7, 11) is 0. The molecule has 4 rings (SSSR count). The summed E-state index contributed by atoms with van der Waals surface area (Å²) in [5.74, 6) is 0. The highest BCUT2D eigenvalue weighted by Crippen LogP contribution is 2.38. The summed E-state index contributed by atoms with van der Waals surface area (Å²) in [6.45, 7) is 0. The summed E-state index contributed by atoms with van der Waals surface area (Å²) in [6.07, 6.45) is 0.582. The standard InChI is InChI=1S/C23H17Cl5N4O/c24-13-3-1-12(2-4-13)20-11-21(32-31-20)22(16-7-5-14(25)9-18(16)27)30-23(33)29-15-6-8-17(26)19(28)10-15/h1-10,20-22H,11H2,(H2,29,30,33). The highest BCUT2D eigenvalue weighted by Gasteiger charge is 2.33. The number of carbonyl (C=O) groups excluding carboxylic acids is 1. The Hall–Kier alpha value is -2.02. The monoisotopic (exact) mass is 540 g/mol. The number of nitrogens with zero attached hydrogens (tertiary/aromatic N) is 2. The average Bonchev–Trinajstić information content (AvgIpc) is 3.26. The third kappa shape index (κ3) is 5.92. The van der Waals surface area contributed by atoms with Gasteiger partial charge in [0.15, 0.2) is 0 Å². The normalized spacial score (nSPS) is 18.2. The van der Waals surface area contributed by atoms with E-state index in [0.29, 0.717) is 42.8 Å². The third-order valence-corrected chi connectivity index (χ3v) is 6.77. The molecule has 5 nitrogen and oxygen atoms in total. The molecule has 0 radical (unpaired) electrons. The minimum Gasteiger partial charge on any atom is -0.329 e. The Kier molecular flexibility index (Phi) is 7.67. The van der Waals surface area contributed by atoms with Crippen LogP contribution in [-0.2, 0) is 0 Å². The molecule has 170 valence electrons. The summed E-state index contributed by atoms with van der Waals surface area (Å²) in [4.78, 5) is 12.9. The van der Waals surface area contributed by atoms with Crippen LogP contribution in [0, 0.1) is 0 Å². The van der Waals surface area contributed by atoms with E-state index in [-0.39, 0.29) is 12.1 Å². The van der Waals surface area contributed by atoms with Crippen LogP contribution in [0.15, 0.2) is 70.9 Å². The molecule has 1 heterocycles. The smallest absolute Gasteiger partial charge is 0.319 e. The van der Waals surface area contributed by atoms with Crippen molar-refractivity contribution >= 4 is 69.7 Å². The molecular weight excluding hydrogens is 526 g/mol. The average molecular weight is 543 g/mol. The van der Waals surface area contributed by atoms with Crippen molar-refractivity contribution in [3.63, 3.8) is 0 Å². The summed E-state index contributed by atoms with van der Waals surface area (Å²) in [5.41, 5.74) is 2.17. The molecule has 0 saturated heterocycles. The van der Waals surface area contributed by atoms with Gasteiger partial charge in [0.05, 0.1) is 28.2 Å². The van der Waals surface area contributed by atoms with Crippen molar-refractivity contribution in [3.8, 4) is 0 Å². The zero-order valence-corrected chi connectivity index (χ0v) is 20.7. The van der Waals surface area contributed by atoms with E-state index >= 15 is 0 Å². The Morgan fingerprint density at radius 1 is 0.818 bits per heavy atom. The van der Waals surface area contributed by atoms with Gasteiger partial charge in [-0.05, 0) is 53.6 Å². The van der Waals surface area contributed by atoms with Crippen molar-refractivity contribution in [1.29, 1.82) is 0 Å². The van der Waals surface area contributed by atoms with Gasteiger partial charge in [-0.25, -0.2) is 4.79 Å². The molecule has 1 aliphatic rings. The van der Waals surface area contributed by atoms with Gasteiger partial charge in [0.1, 0.15) is 0 Å². The van der Waals surface area contributed by atoms with Crippen molar-refractivity contribution in [2.45, 2.75) is 24.5 Å². The second-order valence-electron chi connectivity index (χ2n) is 7.47. The molecule has 3 atom stereocenters. The number of halogens is 5. The van der Waals surface area contributed by atoms with Crippen LogP contribution >= 0.6 is 58.0 Å². The van der Waals surface area contributed by atoms with Crippen molar-refractivity contribution in [2.24, 2.45) is 10.2 Å². The second-order valence-corrected chi connectivity index (χ2v) is 9.57. The summed E-state index contributed by atoms with van der Waals surface area (Å²) in [5, 5.41) is 16.9. The fourth-order valence-corrected chi connectivity index (χ4v) is 4.55. The van der Waals surface area contributed by atoms with Gasteiger partial charge in [-0.3, -0.25) is 0 Å². The first-order valence-electron chi connectivity index (χ1n) is 9.93. The minimum absolute atomic E-state index is 0.152. The molecule has 0 aromatic heterocycles. The van der Waals surface area contributed by atoms with E-state index in [2.05, 4.69) is 20.9 Å². The number of carbonyl (C=O) groups is 1. The first-order valence-corrected chi connectivity index (χ1v) is 11.8. The molecule has 33 heavy (non-hydrogen) atoms. The van der Waals surface area contributed by atoms with Crippen LogP contribution in [0.25, 0.3) is 0 Å². The quantitative estimate of drug-likeness (QED) is 0.332. The molecule has 3 unspecified atom stereocenters. The van der Waals surface area contributed by atoms with Gasteiger partial charge in [0.2, 0.25) is 0 Å². The topological polar surface area (TPSA) is 65.8 Å². The third-order valence-electron chi connectivity index (χ3n) is 5.22. The highest BCUT2D eigenvalue weighted by molar-refractivity contribution is 6.42. The van der Waals surface area contributed by atoms with E-state index in [1.807, 2.05) is 24.3 Å². The van der Waals surface area contributed by atoms with E-state index in [1.165, 1.54) is 0 Å². The SMILES string of the molecule is O=C(Nc1ccc(Cl)c(Cl)c1)NC(c1ccc(Cl)cc1Cl)C1CC(c2ccc(Cl)cc2)N=N1. The van der Waals surface area contributed by atoms with Crippen LogP contribution in [0.5, 0.6) is 0 Å². The lowest BCUT2D eigenvalue weighted by molar-refractivity contribution is 0.246. The number of anilines is 1. The first-order chi connectivity index (χ1) is 15.8. The number of hydrogen-bond donors (Lipinski definition) is 2. The van der Waals surface area contributed by atoms with E-state index in [1.54, 1.807) is 36.4 Å². The molecular formula is C23H17Cl5N4O. The zero-order valence-electron chi connectivity index (χ0n) is 16.9. The molecule has 0 saturated carbocycles. The molecule has 10 heteroatoms.